The maximum Gasteiger partial charge on any atom is 0.254 e. The number of benzene rings is 1. The van der Waals surface area contributed by atoms with Gasteiger partial charge in [-0.3, -0.25) is 14.4 Å². The maximum atomic E-state index is 12.3. The van der Waals surface area contributed by atoms with Crippen LogP contribution in [0.1, 0.15) is 49.9 Å². The van der Waals surface area contributed by atoms with Crippen molar-refractivity contribution in [1.82, 2.24) is 10.6 Å². The fourth-order valence-corrected chi connectivity index (χ4v) is 3.45. The average Bonchev–Trinajstić information content (AvgIpc) is 2.69. The Morgan fingerprint density at radius 3 is 2.85 bits per heavy atom. The molecule has 0 aliphatic carbocycles. The summed E-state index contributed by atoms with van der Waals surface area (Å²) >= 11 is 0. The molecule has 2 heterocycles. The number of ether oxygens (including phenoxy) is 1. The highest BCUT2D eigenvalue weighted by molar-refractivity contribution is 6.09. The smallest absolute Gasteiger partial charge is 0.254 e. The van der Waals surface area contributed by atoms with Crippen LogP contribution in [0.4, 0.5) is 5.69 Å². The summed E-state index contributed by atoms with van der Waals surface area (Å²) in [5.74, 6) is -0.727. The van der Waals surface area contributed by atoms with Gasteiger partial charge in [-0.05, 0) is 45.2 Å². The number of fused-ring (bicyclic) bond motifs is 1. The standard InChI is InChI=1S/C19H25N3O4/c1-19(2)11-12(9-10-26-19)20-16(23)8-7-15-18(25)21-14-6-4-3-5-13(14)17(24)22-15/h3-6,12,15H,7-11H2,1-2H3,(H,20,23)(H,21,25)(H,22,24)/t12-,15-/m1/s1. The van der Waals surface area contributed by atoms with Gasteiger partial charge in [-0.15, -0.1) is 0 Å². The molecular weight excluding hydrogens is 334 g/mol. The van der Waals surface area contributed by atoms with E-state index in [1.807, 2.05) is 13.8 Å². The van der Waals surface area contributed by atoms with E-state index < -0.39 is 6.04 Å². The molecule has 0 spiro atoms. The summed E-state index contributed by atoms with van der Waals surface area (Å²) in [6.45, 7) is 4.64. The monoisotopic (exact) mass is 359 g/mol. The van der Waals surface area contributed by atoms with Crippen LogP contribution in [0.3, 0.4) is 0 Å². The summed E-state index contributed by atoms with van der Waals surface area (Å²) in [4.78, 5) is 36.9. The molecule has 3 amide bonds. The van der Waals surface area contributed by atoms with Crippen LogP contribution in [0.25, 0.3) is 0 Å². The van der Waals surface area contributed by atoms with Crippen LogP contribution in [0.5, 0.6) is 0 Å². The molecule has 1 saturated heterocycles. The van der Waals surface area contributed by atoms with Crippen molar-refractivity contribution in [3.05, 3.63) is 29.8 Å². The molecule has 1 fully saturated rings. The Labute approximate surface area is 152 Å². The van der Waals surface area contributed by atoms with Gasteiger partial charge in [0.15, 0.2) is 0 Å². The molecule has 2 atom stereocenters. The third-order valence-corrected chi connectivity index (χ3v) is 4.77. The Morgan fingerprint density at radius 2 is 2.08 bits per heavy atom. The maximum absolute atomic E-state index is 12.3. The SMILES string of the molecule is CC1(C)C[C@H](NC(=O)CC[C@H]2NC(=O)c3ccccc3NC2=O)CCO1. The zero-order valence-corrected chi connectivity index (χ0v) is 15.1. The Bertz CT molecular complexity index is 716. The number of hydrogen-bond donors (Lipinski definition) is 3. The second kappa shape index (κ2) is 7.45. The lowest BCUT2D eigenvalue weighted by Gasteiger charge is -2.35. The Hall–Kier alpha value is -2.41. The van der Waals surface area contributed by atoms with E-state index in [2.05, 4.69) is 16.0 Å². The zero-order chi connectivity index (χ0) is 18.7. The summed E-state index contributed by atoms with van der Waals surface area (Å²) in [6.07, 6.45) is 1.97. The highest BCUT2D eigenvalue weighted by atomic mass is 16.5. The third-order valence-electron chi connectivity index (χ3n) is 4.77. The minimum Gasteiger partial charge on any atom is -0.375 e. The molecule has 1 aromatic carbocycles. The van der Waals surface area contributed by atoms with Crippen molar-refractivity contribution in [2.75, 3.05) is 11.9 Å². The molecule has 2 aliphatic heterocycles. The molecule has 26 heavy (non-hydrogen) atoms. The van der Waals surface area contributed by atoms with Crippen molar-refractivity contribution < 1.29 is 19.1 Å². The van der Waals surface area contributed by atoms with Gasteiger partial charge in [-0.2, -0.15) is 0 Å². The molecule has 0 bridgehead atoms. The lowest BCUT2D eigenvalue weighted by Crippen LogP contribution is -2.46. The van der Waals surface area contributed by atoms with Gasteiger partial charge >= 0.3 is 0 Å². The predicted molar refractivity (Wildman–Crippen MR) is 96.8 cm³/mol. The van der Waals surface area contributed by atoms with Crippen LogP contribution < -0.4 is 16.0 Å². The predicted octanol–water partition coefficient (Wildman–Crippen LogP) is 1.59. The molecule has 3 N–H and O–H groups in total. The van der Waals surface area contributed by atoms with Crippen LogP contribution in [-0.4, -0.2) is 42.0 Å². The van der Waals surface area contributed by atoms with Gasteiger partial charge in [0.1, 0.15) is 6.04 Å². The minimum atomic E-state index is -0.730. The molecule has 0 radical (unpaired) electrons. The molecule has 1 aromatic rings. The molecule has 140 valence electrons. The number of nitrogens with one attached hydrogen (secondary N) is 3. The number of amides is 3. The largest absolute Gasteiger partial charge is 0.375 e. The first-order valence-electron chi connectivity index (χ1n) is 8.98. The number of para-hydroxylation sites is 1. The summed E-state index contributed by atoms with van der Waals surface area (Å²) < 4.78 is 5.65. The zero-order valence-electron chi connectivity index (χ0n) is 15.1. The van der Waals surface area contributed by atoms with Gasteiger partial charge in [0.25, 0.3) is 5.91 Å². The van der Waals surface area contributed by atoms with Crippen LogP contribution in [0, 0.1) is 0 Å². The first-order valence-corrected chi connectivity index (χ1v) is 8.98. The van der Waals surface area contributed by atoms with E-state index in [0.717, 1.165) is 12.8 Å². The Balaban J connectivity index is 1.54. The summed E-state index contributed by atoms with van der Waals surface area (Å²) in [5, 5.41) is 8.46. The van der Waals surface area contributed by atoms with E-state index in [1.165, 1.54) is 0 Å². The van der Waals surface area contributed by atoms with E-state index in [9.17, 15) is 14.4 Å². The van der Waals surface area contributed by atoms with Crippen molar-refractivity contribution in [2.24, 2.45) is 0 Å². The molecule has 7 nitrogen and oxygen atoms in total. The van der Waals surface area contributed by atoms with Crippen molar-refractivity contribution in [2.45, 2.75) is 57.2 Å². The second-order valence-electron chi connectivity index (χ2n) is 7.46. The fraction of sp³-hybridized carbons (Fsp3) is 0.526. The van der Waals surface area contributed by atoms with E-state index >= 15 is 0 Å². The van der Waals surface area contributed by atoms with Gasteiger partial charge in [-0.1, -0.05) is 12.1 Å². The lowest BCUT2D eigenvalue weighted by atomic mass is 9.94. The van der Waals surface area contributed by atoms with Crippen LogP contribution in [0.15, 0.2) is 24.3 Å². The van der Waals surface area contributed by atoms with E-state index in [4.69, 9.17) is 4.74 Å². The van der Waals surface area contributed by atoms with E-state index in [1.54, 1.807) is 24.3 Å². The summed E-state index contributed by atoms with van der Waals surface area (Å²) in [7, 11) is 0. The number of hydrogen-bond acceptors (Lipinski definition) is 4. The molecule has 2 aliphatic rings. The molecule has 7 heteroatoms. The normalized spacial score (nSPS) is 24.7. The molecular formula is C19H25N3O4. The second-order valence-corrected chi connectivity index (χ2v) is 7.46. The molecule has 0 unspecified atom stereocenters. The van der Waals surface area contributed by atoms with E-state index in [0.29, 0.717) is 17.9 Å². The van der Waals surface area contributed by atoms with Crippen LogP contribution >= 0.6 is 0 Å². The van der Waals surface area contributed by atoms with Crippen LogP contribution in [-0.2, 0) is 14.3 Å². The van der Waals surface area contributed by atoms with Gasteiger partial charge in [0, 0.05) is 19.1 Å². The van der Waals surface area contributed by atoms with Crippen molar-refractivity contribution in [3.8, 4) is 0 Å². The molecule has 0 saturated carbocycles. The highest BCUT2D eigenvalue weighted by Crippen LogP contribution is 2.24. The van der Waals surface area contributed by atoms with Crippen molar-refractivity contribution in [1.29, 1.82) is 0 Å². The quantitative estimate of drug-likeness (QED) is 0.761. The Kier molecular flexibility index (Phi) is 5.27. The number of anilines is 1. The average molecular weight is 359 g/mol. The van der Waals surface area contributed by atoms with Gasteiger partial charge in [-0.25, -0.2) is 0 Å². The first-order chi connectivity index (χ1) is 12.3. The highest BCUT2D eigenvalue weighted by Gasteiger charge is 2.31. The van der Waals surface area contributed by atoms with Gasteiger partial charge in [0.2, 0.25) is 11.8 Å². The van der Waals surface area contributed by atoms with E-state index in [-0.39, 0.29) is 42.2 Å². The van der Waals surface area contributed by atoms with Gasteiger partial charge in [0.05, 0.1) is 16.9 Å². The Morgan fingerprint density at radius 1 is 1.31 bits per heavy atom. The number of rotatable bonds is 4. The first kappa shape index (κ1) is 18.4. The lowest BCUT2D eigenvalue weighted by molar-refractivity contribution is -0.124. The fourth-order valence-electron chi connectivity index (χ4n) is 3.45. The minimum absolute atomic E-state index is 0.0769. The van der Waals surface area contributed by atoms with Crippen molar-refractivity contribution in [3.63, 3.8) is 0 Å². The molecule has 3 rings (SSSR count). The number of carbonyl (C=O) groups excluding carboxylic acids is 3. The van der Waals surface area contributed by atoms with Crippen molar-refractivity contribution >= 4 is 23.4 Å². The van der Waals surface area contributed by atoms with Gasteiger partial charge < -0.3 is 20.7 Å². The number of carbonyl (C=O) groups is 3. The van der Waals surface area contributed by atoms with Crippen LogP contribution in [0.2, 0.25) is 0 Å². The molecule has 0 aromatic heterocycles. The third kappa shape index (κ3) is 4.40. The summed E-state index contributed by atoms with van der Waals surface area (Å²) in [6, 6.07) is 6.20. The topological polar surface area (TPSA) is 96.5 Å². The summed E-state index contributed by atoms with van der Waals surface area (Å²) in [5.41, 5.74) is 0.681.